The molecule has 0 radical (unpaired) electrons. The molecule has 0 aliphatic heterocycles. The first kappa shape index (κ1) is 18.2. The van der Waals surface area contributed by atoms with Crippen LogP contribution in [0.15, 0.2) is 48.5 Å². The molecular formula is C19H20N2O4. The standard InChI is InChI=1S/C19H20N2O4/c1-13-6-4-5-7-17(13)20-18(23)12-21(14(2)22)16-10-8-15(9-11-16)19(24)25-3/h4-11H,12H2,1-3H3,(H,20,23). The van der Waals surface area contributed by atoms with Gasteiger partial charge in [0.15, 0.2) is 0 Å². The molecule has 2 amide bonds. The Kier molecular flexibility index (Phi) is 5.89. The summed E-state index contributed by atoms with van der Waals surface area (Å²) in [6, 6.07) is 13.7. The summed E-state index contributed by atoms with van der Waals surface area (Å²) in [5.74, 6) is -1.04. The second-order valence-electron chi connectivity index (χ2n) is 5.51. The summed E-state index contributed by atoms with van der Waals surface area (Å²) in [6.07, 6.45) is 0. The minimum absolute atomic E-state index is 0.124. The van der Waals surface area contributed by atoms with Crippen LogP contribution in [-0.2, 0) is 14.3 Å². The van der Waals surface area contributed by atoms with Gasteiger partial charge in [0.2, 0.25) is 11.8 Å². The summed E-state index contributed by atoms with van der Waals surface area (Å²) in [7, 11) is 1.30. The summed E-state index contributed by atoms with van der Waals surface area (Å²) in [5.41, 5.74) is 2.55. The first-order valence-electron chi connectivity index (χ1n) is 7.74. The number of esters is 1. The van der Waals surface area contributed by atoms with E-state index in [0.29, 0.717) is 16.9 Å². The molecule has 2 aromatic carbocycles. The van der Waals surface area contributed by atoms with Crippen molar-refractivity contribution in [3.63, 3.8) is 0 Å². The average Bonchev–Trinajstić information content (AvgIpc) is 2.61. The number of benzene rings is 2. The van der Waals surface area contributed by atoms with Gasteiger partial charge >= 0.3 is 5.97 Å². The van der Waals surface area contributed by atoms with Gasteiger partial charge in [-0.05, 0) is 42.8 Å². The number of carbonyl (C=O) groups is 3. The molecule has 2 aromatic rings. The molecule has 0 aliphatic rings. The number of para-hydroxylation sites is 1. The van der Waals surface area contributed by atoms with Crippen LogP contribution < -0.4 is 10.2 Å². The van der Waals surface area contributed by atoms with Gasteiger partial charge in [-0.1, -0.05) is 18.2 Å². The lowest BCUT2D eigenvalue weighted by Gasteiger charge is -2.21. The van der Waals surface area contributed by atoms with Gasteiger partial charge < -0.3 is 15.0 Å². The SMILES string of the molecule is COC(=O)c1ccc(N(CC(=O)Nc2ccccc2C)C(C)=O)cc1. The molecule has 0 spiro atoms. The Morgan fingerprint density at radius 1 is 1.04 bits per heavy atom. The van der Waals surface area contributed by atoms with Crippen molar-refractivity contribution in [1.29, 1.82) is 0 Å². The highest BCUT2D eigenvalue weighted by molar-refractivity contribution is 6.02. The van der Waals surface area contributed by atoms with E-state index in [2.05, 4.69) is 10.1 Å². The van der Waals surface area contributed by atoms with Crippen molar-refractivity contribution in [2.75, 3.05) is 23.9 Å². The molecule has 0 aromatic heterocycles. The molecule has 0 bridgehead atoms. The molecule has 25 heavy (non-hydrogen) atoms. The van der Waals surface area contributed by atoms with E-state index in [1.165, 1.54) is 18.9 Å². The maximum atomic E-state index is 12.3. The van der Waals surface area contributed by atoms with Crippen molar-refractivity contribution in [3.05, 3.63) is 59.7 Å². The second-order valence-corrected chi connectivity index (χ2v) is 5.51. The highest BCUT2D eigenvalue weighted by atomic mass is 16.5. The molecule has 1 N–H and O–H groups in total. The van der Waals surface area contributed by atoms with E-state index in [4.69, 9.17) is 0 Å². The minimum Gasteiger partial charge on any atom is -0.465 e. The van der Waals surface area contributed by atoms with Gasteiger partial charge in [0.25, 0.3) is 0 Å². The predicted molar refractivity (Wildman–Crippen MR) is 95.6 cm³/mol. The van der Waals surface area contributed by atoms with Crippen molar-refractivity contribution >= 4 is 29.2 Å². The van der Waals surface area contributed by atoms with E-state index >= 15 is 0 Å². The molecule has 0 saturated heterocycles. The predicted octanol–water partition coefficient (Wildman–Crippen LogP) is 2.77. The van der Waals surface area contributed by atoms with E-state index in [-0.39, 0.29) is 18.4 Å². The number of nitrogens with zero attached hydrogens (tertiary/aromatic N) is 1. The molecule has 0 atom stereocenters. The number of hydrogen-bond donors (Lipinski definition) is 1. The number of rotatable bonds is 5. The highest BCUT2D eigenvalue weighted by Gasteiger charge is 2.17. The number of ether oxygens (including phenoxy) is 1. The molecular weight excluding hydrogens is 320 g/mol. The van der Waals surface area contributed by atoms with Crippen molar-refractivity contribution in [2.24, 2.45) is 0 Å². The van der Waals surface area contributed by atoms with Crippen LogP contribution in [0.3, 0.4) is 0 Å². The van der Waals surface area contributed by atoms with Crippen LogP contribution in [0.2, 0.25) is 0 Å². The van der Waals surface area contributed by atoms with Crippen molar-refractivity contribution < 1.29 is 19.1 Å². The van der Waals surface area contributed by atoms with E-state index in [9.17, 15) is 14.4 Å². The van der Waals surface area contributed by atoms with Crippen LogP contribution in [0.5, 0.6) is 0 Å². The normalized spacial score (nSPS) is 10.0. The van der Waals surface area contributed by atoms with E-state index in [0.717, 1.165) is 5.56 Å². The van der Waals surface area contributed by atoms with Crippen LogP contribution in [0, 0.1) is 6.92 Å². The fraction of sp³-hybridized carbons (Fsp3) is 0.211. The van der Waals surface area contributed by atoms with E-state index in [1.807, 2.05) is 25.1 Å². The largest absolute Gasteiger partial charge is 0.465 e. The Bertz CT molecular complexity index is 784. The summed E-state index contributed by atoms with van der Waals surface area (Å²) >= 11 is 0. The average molecular weight is 340 g/mol. The lowest BCUT2D eigenvalue weighted by molar-refractivity contribution is -0.120. The van der Waals surface area contributed by atoms with Gasteiger partial charge in [0.1, 0.15) is 6.54 Å². The molecule has 0 saturated carbocycles. The quantitative estimate of drug-likeness (QED) is 0.849. The van der Waals surface area contributed by atoms with Gasteiger partial charge in [-0.3, -0.25) is 9.59 Å². The van der Waals surface area contributed by atoms with Crippen molar-refractivity contribution in [2.45, 2.75) is 13.8 Å². The number of methoxy groups -OCH3 is 1. The lowest BCUT2D eigenvalue weighted by atomic mass is 10.2. The zero-order valence-corrected chi connectivity index (χ0v) is 14.4. The number of aryl methyl sites for hydroxylation is 1. The third-order valence-electron chi connectivity index (χ3n) is 3.70. The van der Waals surface area contributed by atoms with Crippen LogP contribution in [0.1, 0.15) is 22.8 Å². The monoisotopic (exact) mass is 340 g/mol. The van der Waals surface area contributed by atoms with Gasteiger partial charge in [-0.2, -0.15) is 0 Å². The summed E-state index contributed by atoms with van der Waals surface area (Å²) in [4.78, 5) is 37.0. The fourth-order valence-electron chi connectivity index (χ4n) is 2.33. The number of carbonyl (C=O) groups excluding carboxylic acids is 3. The third-order valence-corrected chi connectivity index (χ3v) is 3.70. The zero-order valence-electron chi connectivity index (χ0n) is 14.4. The highest BCUT2D eigenvalue weighted by Crippen LogP contribution is 2.17. The number of anilines is 2. The maximum absolute atomic E-state index is 12.3. The summed E-state index contributed by atoms with van der Waals surface area (Å²) < 4.78 is 4.64. The minimum atomic E-state index is -0.460. The molecule has 2 rings (SSSR count). The summed E-state index contributed by atoms with van der Waals surface area (Å²) in [6.45, 7) is 3.15. The molecule has 0 heterocycles. The first-order chi connectivity index (χ1) is 11.9. The van der Waals surface area contributed by atoms with Gasteiger partial charge in [-0.15, -0.1) is 0 Å². The maximum Gasteiger partial charge on any atom is 0.337 e. The Hall–Kier alpha value is -3.15. The van der Waals surface area contributed by atoms with Crippen molar-refractivity contribution in [1.82, 2.24) is 0 Å². The van der Waals surface area contributed by atoms with Crippen LogP contribution in [-0.4, -0.2) is 31.4 Å². The molecule has 6 heteroatoms. The number of nitrogens with one attached hydrogen (secondary N) is 1. The smallest absolute Gasteiger partial charge is 0.337 e. The van der Waals surface area contributed by atoms with Gasteiger partial charge in [0, 0.05) is 18.3 Å². The number of hydrogen-bond acceptors (Lipinski definition) is 4. The molecule has 0 fully saturated rings. The van der Waals surface area contributed by atoms with Gasteiger partial charge in [0.05, 0.1) is 12.7 Å². The zero-order chi connectivity index (χ0) is 18.4. The topological polar surface area (TPSA) is 75.7 Å². The Balaban J connectivity index is 2.13. The van der Waals surface area contributed by atoms with E-state index in [1.54, 1.807) is 30.3 Å². The molecule has 0 aliphatic carbocycles. The van der Waals surface area contributed by atoms with Crippen LogP contribution >= 0.6 is 0 Å². The molecule has 0 unspecified atom stereocenters. The van der Waals surface area contributed by atoms with Crippen LogP contribution in [0.25, 0.3) is 0 Å². The van der Waals surface area contributed by atoms with Crippen molar-refractivity contribution in [3.8, 4) is 0 Å². The number of amides is 2. The lowest BCUT2D eigenvalue weighted by Crippen LogP contribution is -2.36. The first-order valence-corrected chi connectivity index (χ1v) is 7.74. The Morgan fingerprint density at radius 3 is 2.24 bits per heavy atom. The van der Waals surface area contributed by atoms with E-state index < -0.39 is 5.97 Å². The third kappa shape index (κ3) is 4.67. The second kappa shape index (κ2) is 8.10. The Labute approximate surface area is 146 Å². The van der Waals surface area contributed by atoms with Crippen LogP contribution in [0.4, 0.5) is 11.4 Å². The van der Waals surface area contributed by atoms with Gasteiger partial charge in [-0.25, -0.2) is 4.79 Å². The fourth-order valence-corrected chi connectivity index (χ4v) is 2.33. The molecule has 130 valence electrons. The molecule has 6 nitrogen and oxygen atoms in total. The Morgan fingerprint density at radius 2 is 1.68 bits per heavy atom. The summed E-state index contributed by atoms with van der Waals surface area (Å²) in [5, 5.41) is 2.80.